The van der Waals surface area contributed by atoms with Gasteiger partial charge in [-0.05, 0) is 18.9 Å². The fourth-order valence-electron chi connectivity index (χ4n) is 2.20. The molecule has 0 aromatic heterocycles. The molecular weight excluding hydrogens is 250 g/mol. The average Bonchev–Trinajstić information content (AvgIpc) is 2.40. The van der Waals surface area contributed by atoms with Gasteiger partial charge in [-0.1, -0.05) is 26.7 Å². The number of ether oxygens (including phenoxy) is 1. The Bertz CT molecular complexity index is 438. The van der Waals surface area contributed by atoms with Crippen molar-refractivity contribution in [3.05, 3.63) is 29.3 Å². The molecule has 1 aromatic rings. The van der Waals surface area contributed by atoms with Crippen LogP contribution in [-0.4, -0.2) is 12.9 Å². The van der Waals surface area contributed by atoms with E-state index < -0.39 is 11.6 Å². The summed E-state index contributed by atoms with van der Waals surface area (Å²) in [6, 6.07) is 1.87. The Labute approximate surface area is 112 Å². The van der Waals surface area contributed by atoms with E-state index in [0.717, 1.165) is 25.0 Å². The van der Waals surface area contributed by atoms with Gasteiger partial charge < -0.3 is 4.74 Å². The Balaban J connectivity index is 3.07. The van der Waals surface area contributed by atoms with Crippen LogP contribution in [0.25, 0.3) is 0 Å². The number of hydrogen-bond acceptors (Lipinski definition) is 2. The molecule has 0 aliphatic rings. The van der Waals surface area contributed by atoms with Gasteiger partial charge in [0.05, 0.1) is 12.7 Å². The first-order valence-electron chi connectivity index (χ1n) is 6.62. The van der Waals surface area contributed by atoms with Crippen LogP contribution >= 0.6 is 0 Å². The van der Waals surface area contributed by atoms with Crippen LogP contribution in [0.5, 0.6) is 5.75 Å². The Morgan fingerprint density at radius 3 is 2.21 bits per heavy atom. The minimum absolute atomic E-state index is 0.176. The summed E-state index contributed by atoms with van der Waals surface area (Å²) in [6.45, 7) is 3.95. The van der Waals surface area contributed by atoms with E-state index >= 15 is 0 Å². The lowest BCUT2D eigenvalue weighted by atomic mass is 9.89. The quantitative estimate of drug-likeness (QED) is 0.687. The van der Waals surface area contributed by atoms with Crippen molar-refractivity contribution in [2.75, 3.05) is 7.11 Å². The minimum Gasteiger partial charge on any atom is -0.494 e. The minimum atomic E-state index is -0.722. The molecule has 106 valence electrons. The molecule has 0 aliphatic carbocycles. The monoisotopic (exact) mass is 270 g/mol. The molecule has 0 bridgehead atoms. The van der Waals surface area contributed by atoms with Crippen LogP contribution in [0, 0.1) is 17.6 Å². The van der Waals surface area contributed by atoms with Gasteiger partial charge >= 0.3 is 0 Å². The lowest BCUT2D eigenvalue weighted by Crippen LogP contribution is -2.16. The molecule has 0 aliphatic heterocycles. The van der Waals surface area contributed by atoms with Crippen molar-refractivity contribution >= 4 is 5.78 Å². The predicted octanol–water partition coefficient (Wildman–Crippen LogP) is 4.37. The van der Waals surface area contributed by atoms with E-state index in [-0.39, 0.29) is 23.0 Å². The number of Topliss-reactive ketones (excluding diaryl/α,β-unsaturated/α-hetero) is 1. The van der Waals surface area contributed by atoms with Crippen LogP contribution in [0.2, 0.25) is 0 Å². The number of hydrogen-bond donors (Lipinski definition) is 0. The molecule has 0 fully saturated rings. The summed E-state index contributed by atoms with van der Waals surface area (Å²) in [4.78, 5) is 12.2. The average molecular weight is 270 g/mol. The SMILES string of the molecule is CCCC(CCC)C(=O)c1cc(F)c(OC)cc1F. The van der Waals surface area contributed by atoms with Crippen LogP contribution in [0.15, 0.2) is 12.1 Å². The second-order valence-electron chi connectivity index (χ2n) is 4.61. The second-order valence-corrected chi connectivity index (χ2v) is 4.61. The number of methoxy groups -OCH3 is 1. The van der Waals surface area contributed by atoms with Crippen LogP contribution in [0.4, 0.5) is 8.78 Å². The first-order chi connectivity index (χ1) is 9.04. The van der Waals surface area contributed by atoms with E-state index in [0.29, 0.717) is 12.8 Å². The standard InChI is InChI=1S/C15H20F2O2/c1-4-6-10(7-5-2)15(18)11-8-13(17)14(19-3)9-12(11)16/h8-10H,4-7H2,1-3H3. The zero-order valence-corrected chi connectivity index (χ0v) is 11.6. The van der Waals surface area contributed by atoms with Crippen molar-refractivity contribution in [3.63, 3.8) is 0 Å². The normalized spacial score (nSPS) is 10.8. The Morgan fingerprint density at radius 2 is 1.74 bits per heavy atom. The van der Waals surface area contributed by atoms with Crippen LogP contribution in [-0.2, 0) is 0 Å². The molecule has 0 saturated carbocycles. The van der Waals surface area contributed by atoms with Crippen molar-refractivity contribution < 1.29 is 18.3 Å². The molecule has 0 saturated heterocycles. The van der Waals surface area contributed by atoms with Crippen LogP contribution < -0.4 is 4.74 Å². The number of ketones is 1. The van der Waals surface area contributed by atoms with E-state index in [1.165, 1.54) is 7.11 Å². The highest BCUT2D eigenvalue weighted by Gasteiger charge is 2.23. The van der Waals surface area contributed by atoms with Gasteiger partial charge in [0.25, 0.3) is 0 Å². The Kier molecular flexibility index (Phi) is 5.93. The summed E-state index contributed by atoms with van der Waals surface area (Å²) in [5.41, 5.74) is -0.176. The molecule has 1 aromatic carbocycles. The van der Waals surface area contributed by atoms with E-state index in [2.05, 4.69) is 4.74 Å². The summed E-state index contributed by atoms with van der Waals surface area (Å²) in [5.74, 6) is -2.17. The molecule has 0 radical (unpaired) electrons. The Hall–Kier alpha value is -1.45. The van der Waals surface area contributed by atoms with Crippen molar-refractivity contribution in [3.8, 4) is 5.75 Å². The summed E-state index contributed by atoms with van der Waals surface area (Å²) < 4.78 is 32.1. The summed E-state index contributed by atoms with van der Waals surface area (Å²) in [7, 11) is 1.26. The lowest BCUT2D eigenvalue weighted by Gasteiger charge is -2.15. The first kappa shape index (κ1) is 15.6. The number of benzene rings is 1. The molecule has 2 nitrogen and oxygen atoms in total. The third kappa shape index (κ3) is 3.75. The molecule has 0 atom stereocenters. The third-order valence-corrected chi connectivity index (χ3v) is 3.15. The maximum absolute atomic E-state index is 13.8. The van der Waals surface area contributed by atoms with Gasteiger partial charge in [-0.25, -0.2) is 8.78 Å². The summed E-state index contributed by atoms with van der Waals surface area (Å²) >= 11 is 0. The van der Waals surface area contributed by atoms with Crippen molar-refractivity contribution in [2.24, 2.45) is 5.92 Å². The predicted molar refractivity (Wildman–Crippen MR) is 70.5 cm³/mol. The van der Waals surface area contributed by atoms with Gasteiger partial charge in [0, 0.05) is 12.0 Å². The molecular formula is C15H20F2O2. The molecule has 0 heterocycles. The number of carbonyl (C=O) groups excluding carboxylic acids is 1. The zero-order chi connectivity index (χ0) is 14.4. The van der Waals surface area contributed by atoms with Gasteiger partial charge in [-0.3, -0.25) is 4.79 Å². The van der Waals surface area contributed by atoms with Crippen molar-refractivity contribution in [1.82, 2.24) is 0 Å². The van der Waals surface area contributed by atoms with E-state index in [1.807, 2.05) is 13.8 Å². The summed E-state index contributed by atoms with van der Waals surface area (Å²) in [5, 5.41) is 0. The maximum Gasteiger partial charge on any atom is 0.168 e. The second kappa shape index (κ2) is 7.22. The zero-order valence-electron chi connectivity index (χ0n) is 11.6. The highest BCUT2D eigenvalue weighted by atomic mass is 19.1. The largest absolute Gasteiger partial charge is 0.494 e. The molecule has 0 spiro atoms. The lowest BCUT2D eigenvalue weighted by molar-refractivity contribution is 0.0900. The molecule has 4 heteroatoms. The van der Waals surface area contributed by atoms with Gasteiger partial charge in [0.1, 0.15) is 5.82 Å². The van der Waals surface area contributed by atoms with Crippen LogP contribution in [0.1, 0.15) is 49.9 Å². The highest BCUT2D eigenvalue weighted by Crippen LogP contribution is 2.26. The fraction of sp³-hybridized carbons (Fsp3) is 0.533. The fourth-order valence-corrected chi connectivity index (χ4v) is 2.20. The molecule has 19 heavy (non-hydrogen) atoms. The number of rotatable bonds is 7. The third-order valence-electron chi connectivity index (χ3n) is 3.15. The number of halogens is 2. The molecule has 0 unspecified atom stereocenters. The highest BCUT2D eigenvalue weighted by molar-refractivity contribution is 5.98. The van der Waals surface area contributed by atoms with Gasteiger partial charge in [0.2, 0.25) is 0 Å². The topological polar surface area (TPSA) is 26.3 Å². The first-order valence-corrected chi connectivity index (χ1v) is 6.62. The van der Waals surface area contributed by atoms with E-state index in [4.69, 9.17) is 0 Å². The van der Waals surface area contributed by atoms with Gasteiger partial charge in [-0.15, -0.1) is 0 Å². The smallest absolute Gasteiger partial charge is 0.168 e. The van der Waals surface area contributed by atoms with Crippen LogP contribution in [0.3, 0.4) is 0 Å². The molecule has 0 N–H and O–H groups in total. The van der Waals surface area contributed by atoms with Gasteiger partial charge in [0.15, 0.2) is 17.3 Å². The van der Waals surface area contributed by atoms with Crippen molar-refractivity contribution in [1.29, 1.82) is 0 Å². The molecule has 0 amide bonds. The van der Waals surface area contributed by atoms with Gasteiger partial charge in [-0.2, -0.15) is 0 Å². The summed E-state index contributed by atoms with van der Waals surface area (Å²) in [6.07, 6.45) is 3.08. The van der Waals surface area contributed by atoms with Crippen molar-refractivity contribution in [2.45, 2.75) is 39.5 Å². The van der Waals surface area contributed by atoms with E-state index in [1.54, 1.807) is 0 Å². The number of carbonyl (C=O) groups is 1. The molecule has 1 rings (SSSR count). The van der Waals surface area contributed by atoms with E-state index in [9.17, 15) is 13.6 Å². The Morgan fingerprint density at radius 1 is 1.16 bits per heavy atom. The maximum atomic E-state index is 13.8.